The summed E-state index contributed by atoms with van der Waals surface area (Å²) < 4.78 is 35.7. The van der Waals surface area contributed by atoms with E-state index in [9.17, 15) is 24.3 Å². The molecule has 0 amide bonds. The molecule has 5 aliphatic rings. The van der Waals surface area contributed by atoms with Crippen LogP contribution in [-0.2, 0) is 47.6 Å². The smallest absolute Gasteiger partial charge is 0.342 e. The first-order valence-corrected chi connectivity index (χ1v) is 13.6. The summed E-state index contributed by atoms with van der Waals surface area (Å²) in [6.07, 6.45) is -2.90. The molecule has 0 aromatic rings. The fourth-order valence-corrected chi connectivity index (χ4v) is 7.63. The molecule has 11 heteroatoms. The molecule has 1 N–H and O–H groups in total. The van der Waals surface area contributed by atoms with Gasteiger partial charge in [0.25, 0.3) is 0 Å². The maximum atomic E-state index is 13.1. The lowest BCUT2D eigenvalue weighted by Crippen LogP contribution is -2.67. The van der Waals surface area contributed by atoms with Crippen LogP contribution in [0.25, 0.3) is 0 Å². The van der Waals surface area contributed by atoms with Crippen molar-refractivity contribution < 1.29 is 52.7 Å². The summed E-state index contributed by atoms with van der Waals surface area (Å²) >= 11 is 0. The molecular weight excluding hydrogens is 512 g/mol. The third kappa shape index (κ3) is 3.94. The van der Waals surface area contributed by atoms with E-state index in [1.54, 1.807) is 26.8 Å². The van der Waals surface area contributed by atoms with E-state index in [2.05, 4.69) is 0 Å². The molecule has 1 spiro atoms. The van der Waals surface area contributed by atoms with Crippen LogP contribution in [-0.4, -0.2) is 82.4 Å². The summed E-state index contributed by atoms with van der Waals surface area (Å²) in [5.74, 6) is -3.13. The second-order valence-electron chi connectivity index (χ2n) is 12.2. The van der Waals surface area contributed by atoms with Crippen LogP contribution in [0.15, 0.2) is 11.6 Å². The summed E-state index contributed by atoms with van der Waals surface area (Å²) in [6.45, 7) is 11.4. The highest BCUT2D eigenvalue weighted by Crippen LogP contribution is 2.69. The lowest BCUT2D eigenvalue weighted by Gasteiger charge is -2.54. The predicted octanol–water partition coefficient (Wildman–Crippen LogP) is 1.91. The summed E-state index contributed by atoms with van der Waals surface area (Å²) in [6, 6.07) is 0. The Morgan fingerprint density at radius 1 is 1.10 bits per heavy atom. The zero-order chi connectivity index (χ0) is 28.7. The standard InChI is InChI=1S/C28H38O11/c1-8-9-20(31)37-23-16(34-14(3)29)10-13(2)11-19-28(27(7,39-28)24(33)36-19)22(32)21-25(23,5)17(35-15(4)30)12-18-26(21,6)38-18/h11,16-19,21-23,32H,8-10,12H2,1-7H3/b13-11-/t16-,17+,18+,19+,21-,22+,23+,25+,26+,27+,28+/m1/s1. The fraction of sp³-hybridized carbons (Fsp3) is 0.786. The van der Waals surface area contributed by atoms with Gasteiger partial charge in [0.05, 0.1) is 23.2 Å². The molecule has 2 aliphatic carbocycles. The molecule has 3 aliphatic heterocycles. The molecule has 0 radical (unpaired) electrons. The average Bonchev–Trinajstić information content (AvgIpc) is 3.65. The number of aliphatic hydroxyl groups is 1. The van der Waals surface area contributed by atoms with Gasteiger partial charge in [0.15, 0.2) is 17.3 Å². The van der Waals surface area contributed by atoms with Crippen LogP contribution < -0.4 is 0 Å². The number of carbonyl (C=O) groups is 4. The van der Waals surface area contributed by atoms with Gasteiger partial charge in [-0.3, -0.25) is 14.4 Å². The minimum absolute atomic E-state index is 0.117. The number of rotatable bonds is 5. The number of fused-ring (bicyclic) bond motifs is 3. The Labute approximate surface area is 227 Å². The first-order valence-electron chi connectivity index (χ1n) is 13.6. The molecule has 0 unspecified atom stereocenters. The van der Waals surface area contributed by atoms with Crippen LogP contribution in [0, 0.1) is 11.3 Å². The SMILES string of the molecule is CCCC(=O)O[C@H]1[C@H](OC(C)=O)C/C(C)=C\[C@@H]2OC(=O)[C@]3(C)O[C@]23[C@@H](O)[C@H]2[C@@]3(C)O[C@H]3C[C@H](OC(C)=O)[C@]12C. The number of hydrogen-bond donors (Lipinski definition) is 1. The molecule has 39 heavy (non-hydrogen) atoms. The van der Waals surface area contributed by atoms with Gasteiger partial charge in [-0.05, 0) is 33.3 Å². The Balaban J connectivity index is 1.74. The molecule has 1 saturated carbocycles. The maximum absolute atomic E-state index is 13.1. The third-order valence-electron chi connectivity index (χ3n) is 9.51. The van der Waals surface area contributed by atoms with Crippen molar-refractivity contribution in [2.75, 3.05) is 0 Å². The molecule has 3 saturated heterocycles. The van der Waals surface area contributed by atoms with Crippen molar-refractivity contribution in [2.45, 2.75) is 128 Å². The number of ether oxygens (including phenoxy) is 6. The highest BCUT2D eigenvalue weighted by atomic mass is 16.7. The number of esters is 4. The topological polar surface area (TPSA) is 150 Å². The van der Waals surface area contributed by atoms with E-state index < -0.39 is 82.5 Å². The first kappa shape index (κ1) is 28.0. The number of carbonyl (C=O) groups excluding carboxylic acids is 4. The van der Waals surface area contributed by atoms with Crippen molar-refractivity contribution in [3.05, 3.63) is 11.6 Å². The molecule has 5 rings (SSSR count). The largest absolute Gasteiger partial charge is 0.462 e. The molecule has 0 bridgehead atoms. The molecular formula is C28H38O11. The average molecular weight is 551 g/mol. The molecule has 11 nitrogen and oxygen atoms in total. The molecule has 11 atom stereocenters. The van der Waals surface area contributed by atoms with Gasteiger partial charge < -0.3 is 33.5 Å². The Morgan fingerprint density at radius 3 is 2.36 bits per heavy atom. The highest BCUT2D eigenvalue weighted by molar-refractivity contribution is 5.89. The van der Waals surface area contributed by atoms with Crippen molar-refractivity contribution in [1.29, 1.82) is 0 Å². The van der Waals surface area contributed by atoms with Crippen molar-refractivity contribution in [1.82, 2.24) is 0 Å². The molecule has 4 fully saturated rings. The Morgan fingerprint density at radius 2 is 1.77 bits per heavy atom. The van der Waals surface area contributed by atoms with Gasteiger partial charge in [0.2, 0.25) is 0 Å². The zero-order valence-electron chi connectivity index (χ0n) is 23.5. The van der Waals surface area contributed by atoms with Gasteiger partial charge in [0, 0.05) is 39.0 Å². The van der Waals surface area contributed by atoms with Gasteiger partial charge in [-0.25, -0.2) is 4.79 Å². The van der Waals surface area contributed by atoms with E-state index in [-0.39, 0.29) is 25.4 Å². The van der Waals surface area contributed by atoms with E-state index in [1.165, 1.54) is 13.8 Å². The van der Waals surface area contributed by atoms with Gasteiger partial charge in [0.1, 0.15) is 18.3 Å². The van der Waals surface area contributed by atoms with Crippen LogP contribution in [0.1, 0.15) is 74.1 Å². The molecule has 0 aromatic heterocycles. The summed E-state index contributed by atoms with van der Waals surface area (Å²) in [5, 5.41) is 12.3. The number of epoxide rings is 2. The lowest BCUT2D eigenvalue weighted by molar-refractivity contribution is -0.225. The summed E-state index contributed by atoms with van der Waals surface area (Å²) in [4.78, 5) is 50.7. The molecule has 3 heterocycles. The lowest BCUT2D eigenvalue weighted by atomic mass is 9.53. The van der Waals surface area contributed by atoms with E-state index in [0.29, 0.717) is 12.0 Å². The second kappa shape index (κ2) is 9.01. The number of hydrogen-bond acceptors (Lipinski definition) is 11. The zero-order valence-corrected chi connectivity index (χ0v) is 23.5. The van der Waals surface area contributed by atoms with Gasteiger partial charge in [-0.2, -0.15) is 0 Å². The Kier molecular flexibility index (Phi) is 6.48. The van der Waals surface area contributed by atoms with Crippen LogP contribution >= 0.6 is 0 Å². The van der Waals surface area contributed by atoms with Crippen molar-refractivity contribution in [2.24, 2.45) is 11.3 Å². The number of aliphatic hydroxyl groups excluding tert-OH is 1. The summed E-state index contributed by atoms with van der Waals surface area (Å²) in [5.41, 5.74) is -4.41. The van der Waals surface area contributed by atoms with Crippen molar-refractivity contribution in [3.63, 3.8) is 0 Å². The first-order chi connectivity index (χ1) is 18.1. The minimum Gasteiger partial charge on any atom is -0.462 e. The van der Waals surface area contributed by atoms with E-state index in [4.69, 9.17) is 28.4 Å². The van der Waals surface area contributed by atoms with Crippen LogP contribution in [0.5, 0.6) is 0 Å². The molecule has 216 valence electrons. The van der Waals surface area contributed by atoms with Crippen molar-refractivity contribution in [3.8, 4) is 0 Å². The quantitative estimate of drug-likeness (QED) is 0.231. The van der Waals surface area contributed by atoms with E-state index >= 15 is 0 Å². The molecule has 0 aromatic carbocycles. The van der Waals surface area contributed by atoms with Crippen LogP contribution in [0.4, 0.5) is 0 Å². The van der Waals surface area contributed by atoms with Crippen LogP contribution in [0.2, 0.25) is 0 Å². The van der Waals surface area contributed by atoms with Crippen LogP contribution in [0.3, 0.4) is 0 Å². The van der Waals surface area contributed by atoms with Crippen molar-refractivity contribution >= 4 is 23.9 Å². The summed E-state index contributed by atoms with van der Waals surface area (Å²) in [7, 11) is 0. The maximum Gasteiger partial charge on any atom is 0.342 e. The second-order valence-corrected chi connectivity index (χ2v) is 12.2. The Hall–Kier alpha value is -2.50. The highest BCUT2D eigenvalue weighted by Gasteiger charge is 2.88. The predicted molar refractivity (Wildman–Crippen MR) is 132 cm³/mol. The van der Waals surface area contributed by atoms with E-state index in [1.807, 2.05) is 13.8 Å². The van der Waals surface area contributed by atoms with Gasteiger partial charge in [-0.15, -0.1) is 0 Å². The van der Waals surface area contributed by atoms with E-state index in [0.717, 1.165) is 0 Å². The normalized spacial score (nSPS) is 49.0. The monoisotopic (exact) mass is 550 g/mol. The van der Waals surface area contributed by atoms with Gasteiger partial charge in [-0.1, -0.05) is 19.4 Å². The van der Waals surface area contributed by atoms with Gasteiger partial charge >= 0.3 is 23.9 Å². The third-order valence-corrected chi connectivity index (χ3v) is 9.51. The minimum atomic E-state index is -1.43. The Bertz CT molecular complexity index is 1130. The fourth-order valence-electron chi connectivity index (χ4n) is 7.63.